The van der Waals surface area contributed by atoms with Crippen LogP contribution in [0.4, 0.5) is 4.39 Å². The molecule has 2 aromatic heterocycles. The zero-order chi connectivity index (χ0) is 17.9. The second-order valence-electron chi connectivity index (χ2n) is 6.63. The monoisotopic (exact) mass is 384 g/mol. The van der Waals surface area contributed by atoms with Gasteiger partial charge in [-0.1, -0.05) is 31.4 Å². The molecule has 0 N–H and O–H groups in total. The molecule has 1 aromatic carbocycles. The third-order valence-corrected chi connectivity index (χ3v) is 6.84. The van der Waals surface area contributed by atoms with Crippen LogP contribution in [0.3, 0.4) is 0 Å². The van der Waals surface area contributed by atoms with Crippen LogP contribution < -0.4 is 0 Å². The van der Waals surface area contributed by atoms with Crippen molar-refractivity contribution in [1.29, 1.82) is 0 Å². The van der Waals surface area contributed by atoms with Gasteiger partial charge in [0.2, 0.25) is 0 Å². The van der Waals surface area contributed by atoms with E-state index in [1.165, 1.54) is 38.2 Å². The highest BCUT2D eigenvalue weighted by atomic mass is 32.2. The Hall–Kier alpha value is -1.72. The SMILES string of the molecule is CSc1cc(-c2sc(C3CCCCC3)nc2-c2ccccc2F)ccn1. The van der Waals surface area contributed by atoms with Gasteiger partial charge in [-0.25, -0.2) is 14.4 Å². The number of aromatic nitrogens is 2. The molecule has 5 heteroatoms. The van der Waals surface area contributed by atoms with Crippen molar-refractivity contribution >= 4 is 23.1 Å². The van der Waals surface area contributed by atoms with Crippen molar-refractivity contribution in [3.8, 4) is 21.7 Å². The van der Waals surface area contributed by atoms with Crippen LogP contribution in [0.5, 0.6) is 0 Å². The molecule has 0 atom stereocenters. The Balaban J connectivity index is 1.84. The van der Waals surface area contributed by atoms with E-state index in [0.29, 0.717) is 11.5 Å². The van der Waals surface area contributed by atoms with E-state index in [2.05, 4.69) is 11.1 Å². The van der Waals surface area contributed by atoms with Crippen molar-refractivity contribution in [2.24, 2.45) is 0 Å². The number of pyridine rings is 1. The number of nitrogens with zero attached hydrogens (tertiary/aromatic N) is 2. The normalized spacial score (nSPS) is 15.3. The van der Waals surface area contributed by atoms with E-state index in [1.54, 1.807) is 29.2 Å². The second-order valence-corrected chi connectivity index (χ2v) is 8.49. The van der Waals surface area contributed by atoms with E-state index >= 15 is 0 Å². The summed E-state index contributed by atoms with van der Waals surface area (Å²) < 4.78 is 14.5. The van der Waals surface area contributed by atoms with Gasteiger partial charge in [-0.3, -0.25) is 0 Å². The van der Waals surface area contributed by atoms with Gasteiger partial charge in [-0.15, -0.1) is 23.1 Å². The summed E-state index contributed by atoms with van der Waals surface area (Å²) in [7, 11) is 0. The fraction of sp³-hybridized carbons (Fsp3) is 0.333. The molecule has 1 fully saturated rings. The standard InChI is InChI=1S/C21H21FN2S2/c1-25-18-13-15(11-12-23-18)20-19(16-9-5-6-10-17(16)22)24-21(26-20)14-7-3-2-4-8-14/h5-6,9-14H,2-4,7-8H2,1H3. The number of thioether (sulfide) groups is 1. The zero-order valence-electron chi connectivity index (χ0n) is 14.7. The second kappa shape index (κ2) is 7.89. The fourth-order valence-electron chi connectivity index (χ4n) is 3.55. The molecule has 4 rings (SSSR count). The first-order chi connectivity index (χ1) is 12.8. The Bertz CT molecular complexity index is 901. The summed E-state index contributed by atoms with van der Waals surface area (Å²) in [6.07, 6.45) is 10.1. The van der Waals surface area contributed by atoms with Crippen molar-refractivity contribution in [2.45, 2.75) is 43.0 Å². The molecule has 0 aliphatic heterocycles. The molecular formula is C21H21FN2S2. The maximum absolute atomic E-state index is 14.5. The molecule has 2 heterocycles. The summed E-state index contributed by atoms with van der Waals surface area (Å²) >= 11 is 3.34. The highest BCUT2D eigenvalue weighted by Crippen LogP contribution is 2.43. The first-order valence-electron chi connectivity index (χ1n) is 9.02. The molecule has 0 spiro atoms. The van der Waals surface area contributed by atoms with Crippen molar-refractivity contribution in [2.75, 3.05) is 6.26 Å². The topological polar surface area (TPSA) is 25.8 Å². The Morgan fingerprint density at radius 2 is 1.92 bits per heavy atom. The van der Waals surface area contributed by atoms with E-state index in [-0.39, 0.29) is 5.82 Å². The van der Waals surface area contributed by atoms with Crippen LogP contribution in [-0.4, -0.2) is 16.2 Å². The third-order valence-electron chi connectivity index (χ3n) is 4.93. The van der Waals surface area contributed by atoms with E-state index in [1.807, 2.05) is 30.7 Å². The predicted octanol–water partition coefficient (Wildman–Crippen LogP) is 6.78. The van der Waals surface area contributed by atoms with Gasteiger partial charge in [0.15, 0.2) is 0 Å². The molecular weight excluding hydrogens is 363 g/mol. The number of hydrogen-bond donors (Lipinski definition) is 0. The lowest BCUT2D eigenvalue weighted by molar-refractivity contribution is 0.442. The summed E-state index contributed by atoms with van der Waals surface area (Å²) in [6.45, 7) is 0. The fourth-order valence-corrected chi connectivity index (χ4v) is 5.21. The van der Waals surface area contributed by atoms with Gasteiger partial charge in [0.1, 0.15) is 5.82 Å². The summed E-state index contributed by atoms with van der Waals surface area (Å²) in [5.41, 5.74) is 2.43. The van der Waals surface area contributed by atoms with Gasteiger partial charge in [0.25, 0.3) is 0 Å². The molecule has 1 aliphatic carbocycles. The van der Waals surface area contributed by atoms with Gasteiger partial charge in [-0.2, -0.15) is 0 Å². The van der Waals surface area contributed by atoms with Crippen molar-refractivity contribution < 1.29 is 4.39 Å². The van der Waals surface area contributed by atoms with Gasteiger partial charge < -0.3 is 0 Å². The number of benzene rings is 1. The van der Waals surface area contributed by atoms with Crippen LogP contribution in [-0.2, 0) is 0 Å². The van der Waals surface area contributed by atoms with Gasteiger partial charge >= 0.3 is 0 Å². The maximum atomic E-state index is 14.5. The lowest BCUT2D eigenvalue weighted by Crippen LogP contribution is -2.03. The van der Waals surface area contributed by atoms with Crippen LogP contribution in [0, 0.1) is 5.82 Å². The smallest absolute Gasteiger partial charge is 0.132 e. The van der Waals surface area contributed by atoms with E-state index in [0.717, 1.165) is 26.2 Å². The first-order valence-corrected chi connectivity index (χ1v) is 11.1. The Kier molecular flexibility index (Phi) is 5.36. The summed E-state index contributed by atoms with van der Waals surface area (Å²) in [6, 6.07) is 11.0. The van der Waals surface area contributed by atoms with Crippen molar-refractivity contribution in [1.82, 2.24) is 9.97 Å². The van der Waals surface area contributed by atoms with Crippen molar-refractivity contribution in [3.05, 3.63) is 53.4 Å². The molecule has 0 radical (unpaired) electrons. The molecule has 26 heavy (non-hydrogen) atoms. The Morgan fingerprint density at radius 3 is 2.69 bits per heavy atom. The minimum Gasteiger partial charge on any atom is -0.250 e. The number of rotatable bonds is 4. The minimum absolute atomic E-state index is 0.214. The lowest BCUT2D eigenvalue weighted by atomic mass is 9.90. The van der Waals surface area contributed by atoms with Crippen LogP contribution in [0.1, 0.15) is 43.0 Å². The highest BCUT2D eigenvalue weighted by Gasteiger charge is 2.24. The summed E-state index contributed by atoms with van der Waals surface area (Å²) in [5, 5.41) is 2.12. The highest BCUT2D eigenvalue weighted by molar-refractivity contribution is 7.98. The quantitative estimate of drug-likeness (QED) is 0.464. The summed E-state index contributed by atoms with van der Waals surface area (Å²) in [5.74, 6) is 0.295. The molecule has 1 aliphatic rings. The number of hydrogen-bond acceptors (Lipinski definition) is 4. The molecule has 0 saturated heterocycles. The zero-order valence-corrected chi connectivity index (χ0v) is 16.4. The predicted molar refractivity (Wildman–Crippen MR) is 108 cm³/mol. The van der Waals surface area contributed by atoms with Crippen LogP contribution >= 0.6 is 23.1 Å². The largest absolute Gasteiger partial charge is 0.250 e. The summed E-state index contributed by atoms with van der Waals surface area (Å²) in [4.78, 5) is 10.4. The first kappa shape index (κ1) is 17.7. The average Bonchev–Trinajstić information content (AvgIpc) is 3.14. The molecule has 3 aromatic rings. The Morgan fingerprint density at radius 1 is 1.12 bits per heavy atom. The van der Waals surface area contributed by atoms with Gasteiger partial charge in [0, 0.05) is 17.7 Å². The van der Waals surface area contributed by atoms with E-state index < -0.39 is 0 Å². The number of halogens is 1. The average molecular weight is 385 g/mol. The molecule has 0 unspecified atom stereocenters. The van der Waals surface area contributed by atoms with Crippen molar-refractivity contribution in [3.63, 3.8) is 0 Å². The van der Waals surface area contributed by atoms with E-state index in [4.69, 9.17) is 4.98 Å². The third kappa shape index (κ3) is 3.55. The van der Waals surface area contributed by atoms with Crippen LogP contribution in [0.15, 0.2) is 47.6 Å². The minimum atomic E-state index is -0.214. The van der Waals surface area contributed by atoms with Gasteiger partial charge in [0.05, 0.1) is 20.6 Å². The Labute approximate surface area is 161 Å². The van der Waals surface area contributed by atoms with Crippen LogP contribution in [0.2, 0.25) is 0 Å². The molecule has 1 saturated carbocycles. The van der Waals surface area contributed by atoms with Gasteiger partial charge in [-0.05, 0) is 48.9 Å². The molecule has 134 valence electrons. The lowest BCUT2D eigenvalue weighted by Gasteiger charge is -2.18. The molecule has 0 amide bonds. The molecule has 0 bridgehead atoms. The van der Waals surface area contributed by atoms with Crippen LogP contribution in [0.25, 0.3) is 21.7 Å². The number of thiazole rings is 1. The maximum Gasteiger partial charge on any atom is 0.132 e. The molecule has 2 nitrogen and oxygen atoms in total. The van der Waals surface area contributed by atoms with E-state index in [9.17, 15) is 4.39 Å².